The van der Waals surface area contributed by atoms with Crippen LogP contribution in [-0.4, -0.2) is 29.8 Å². The first-order chi connectivity index (χ1) is 15.6. The summed E-state index contributed by atoms with van der Waals surface area (Å²) in [5.74, 6) is 0.924. The largest absolute Gasteiger partial charge is 0.497 e. The highest BCUT2D eigenvalue weighted by Crippen LogP contribution is 2.31. The predicted molar refractivity (Wildman–Crippen MR) is 127 cm³/mol. The minimum atomic E-state index is -0.174. The van der Waals surface area contributed by atoms with Crippen molar-refractivity contribution in [2.24, 2.45) is 0 Å². The number of para-hydroxylation sites is 1. The van der Waals surface area contributed by atoms with Crippen LogP contribution < -0.4 is 9.47 Å². The van der Waals surface area contributed by atoms with Gasteiger partial charge in [0, 0.05) is 11.1 Å². The Balaban J connectivity index is 1.80. The third-order valence-corrected chi connectivity index (χ3v) is 5.23. The van der Waals surface area contributed by atoms with Crippen molar-refractivity contribution in [3.8, 4) is 28.4 Å². The third-order valence-electron chi connectivity index (χ3n) is 5.23. The highest BCUT2D eigenvalue weighted by Gasteiger charge is 2.17. The molecule has 1 aromatic heterocycles. The summed E-state index contributed by atoms with van der Waals surface area (Å²) in [4.78, 5) is 13.1. The van der Waals surface area contributed by atoms with Crippen molar-refractivity contribution in [2.45, 2.75) is 6.92 Å². The van der Waals surface area contributed by atoms with E-state index in [4.69, 9.17) is 14.6 Å². The van der Waals surface area contributed by atoms with Crippen LogP contribution in [0.15, 0.2) is 84.9 Å². The normalized spacial score (nSPS) is 11.0. The van der Waals surface area contributed by atoms with E-state index in [0.29, 0.717) is 17.1 Å². The maximum absolute atomic E-state index is 13.1. The monoisotopic (exact) mass is 424 g/mol. The van der Waals surface area contributed by atoms with Gasteiger partial charge < -0.3 is 9.47 Å². The molecule has 1 heterocycles. The number of carbonyl (C=O) groups excluding carboxylic acids is 1. The number of carbonyl (C=O) groups is 1. The molecule has 0 amide bonds. The topological polar surface area (TPSA) is 53.4 Å². The van der Waals surface area contributed by atoms with Crippen LogP contribution in [0.2, 0.25) is 0 Å². The second kappa shape index (κ2) is 9.35. The number of ketones is 1. The SMILES string of the molecule is COc1ccc(OC)c(C(=O)/C=C/c2c(C)nn(-c3ccccc3)c2-c2ccccc2)c1. The lowest BCUT2D eigenvalue weighted by atomic mass is 10.0. The summed E-state index contributed by atoms with van der Waals surface area (Å²) in [7, 11) is 3.11. The molecular formula is C27H24N2O3. The van der Waals surface area contributed by atoms with Crippen LogP contribution in [0.1, 0.15) is 21.6 Å². The minimum Gasteiger partial charge on any atom is -0.497 e. The standard InChI is InChI=1S/C27H24N2O3/c1-19-23(15-16-25(30)24-18-22(31-2)14-17-26(24)32-3)27(20-10-6-4-7-11-20)29(28-19)21-12-8-5-9-13-21/h4-18H,1-3H3/b16-15+. The zero-order valence-electron chi connectivity index (χ0n) is 18.3. The highest BCUT2D eigenvalue weighted by atomic mass is 16.5. The van der Waals surface area contributed by atoms with Gasteiger partial charge >= 0.3 is 0 Å². The molecule has 0 aliphatic rings. The van der Waals surface area contributed by atoms with E-state index in [1.54, 1.807) is 38.5 Å². The van der Waals surface area contributed by atoms with Crippen LogP contribution in [0.4, 0.5) is 0 Å². The summed E-state index contributed by atoms with van der Waals surface area (Å²) >= 11 is 0. The van der Waals surface area contributed by atoms with Gasteiger partial charge in [-0.1, -0.05) is 48.5 Å². The van der Waals surface area contributed by atoms with Gasteiger partial charge in [0.05, 0.1) is 36.9 Å². The van der Waals surface area contributed by atoms with E-state index in [1.165, 1.54) is 0 Å². The van der Waals surface area contributed by atoms with Crippen LogP contribution in [0, 0.1) is 6.92 Å². The van der Waals surface area contributed by atoms with Gasteiger partial charge in [0.15, 0.2) is 5.78 Å². The van der Waals surface area contributed by atoms with Crippen molar-refractivity contribution in [3.63, 3.8) is 0 Å². The average molecular weight is 425 g/mol. The van der Waals surface area contributed by atoms with E-state index in [-0.39, 0.29) is 5.78 Å². The number of methoxy groups -OCH3 is 2. The number of hydrogen-bond donors (Lipinski definition) is 0. The van der Waals surface area contributed by atoms with Gasteiger partial charge in [-0.25, -0.2) is 4.68 Å². The van der Waals surface area contributed by atoms with E-state index in [2.05, 4.69) is 0 Å². The zero-order chi connectivity index (χ0) is 22.5. The Labute approximate surface area is 187 Å². The second-order valence-electron chi connectivity index (χ2n) is 7.22. The number of aromatic nitrogens is 2. The number of ether oxygens (including phenoxy) is 2. The molecule has 0 atom stereocenters. The smallest absolute Gasteiger partial charge is 0.189 e. The van der Waals surface area contributed by atoms with Crippen molar-refractivity contribution < 1.29 is 14.3 Å². The van der Waals surface area contributed by atoms with Crippen molar-refractivity contribution in [1.29, 1.82) is 0 Å². The molecule has 0 saturated heterocycles. The maximum atomic E-state index is 13.1. The molecule has 0 fully saturated rings. The number of benzene rings is 3. The fourth-order valence-corrected chi connectivity index (χ4v) is 3.62. The highest BCUT2D eigenvalue weighted by molar-refractivity contribution is 6.09. The average Bonchev–Trinajstić information content (AvgIpc) is 3.19. The van der Waals surface area contributed by atoms with E-state index in [9.17, 15) is 4.79 Å². The number of nitrogens with zero attached hydrogens (tertiary/aromatic N) is 2. The molecule has 5 nitrogen and oxygen atoms in total. The van der Waals surface area contributed by atoms with Crippen LogP contribution in [0.3, 0.4) is 0 Å². The Morgan fingerprint density at radius 2 is 1.59 bits per heavy atom. The van der Waals surface area contributed by atoms with Gasteiger partial charge in [0.1, 0.15) is 11.5 Å². The van der Waals surface area contributed by atoms with Crippen molar-refractivity contribution >= 4 is 11.9 Å². The first kappa shape index (κ1) is 21.1. The van der Waals surface area contributed by atoms with Gasteiger partial charge in [-0.2, -0.15) is 5.10 Å². The summed E-state index contributed by atoms with van der Waals surface area (Å²) in [5, 5.41) is 4.78. The molecule has 3 aromatic carbocycles. The Morgan fingerprint density at radius 3 is 2.25 bits per heavy atom. The van der Waals surface area contributed by atoms with E-state index in [1.807, 2.05) is 78.3 Å². The molecule has 0 spiro atoms. The van der Waals surface area contributed by atoms with E-state index >= 15 is 0 Å². The summed E-state index contributed by atoms with van der Waals surface area (Å²) in [6.45, 7) is 1.95. The predicted octanol–water partition coefficient (Wildman–Crippen LogP) is 5.76. The Hall–Kier alpha value is -4.12. The van der Waals surface area contributed by atoms with Crippen LogP contribution >= 0.6 is 0 Å². The molecule has 0 radical (unpaired) electrons. The van der Waals surface area contributed by atoms with Crippen LogP contribution in [-0.2, 0) is 0 Å². The van der Waals surface area contributed by atoms with Gasteiger partial charge in [0.25, 0.3) is 0 Å². The molecule has 0 bridgehead atoms. The molecule has 32 heavy (non-hydrogen) atoms. The van der Waals surface area contributed by atoms with Crippen molar-refractivity contribution in [3.05, 3.63) is 102 Å². The van der Waals surface area contributed by atoms with Gasteiger partial charge in [-0.15, -0.1) is 0 Å². The first-order valence-electron chi connectivity index (χ1n) is 10.3. The Kier molecular flexibility index (Phi) is 6.17. The van der Waals surface area contributed by atoms with E-state index in [0.717, 1.165) is 28.2 Å². The molecule has 0 saturated carbocycles. The lowest BCUT2D eigenvalue weighted by Gasteiger charge is -2.09. The Bertz CT molecular complexity index is 1260. The quantitative estimate of drug-likeness (QED) is 0.280. The number of rotatable bonds is 7. The van der Waals surface area contributed by atoms with Crippen LogP contribution in [0.25, 0.3) is 23.0 Å². The summed E-state index contributed by atoms with van der Waals surface area (Å²) in [6, 6.07) is 25.2. The first-order valence-corrected chi connectivity index (χ1v) is 10.3. The second-order valence-corrected chi connectivity index (χ2v) is 7.22. The molecule has 0 aliphatic heterocycles. The Morgan fingerprint density at radius 1 is 0.906 bits per heavy atom. The number of allylic oxidation sites excluding steroid dienone is 1. The molecule has 160 valence electrons. The lowest BCUT2D eigenvalue weighted by molar-refractivity contribution is 0.104. The van der Waals surface area contributed by atoms with Crippen molar-refractivity contribution in [1.82, 2.24) is 9.78 Å². The molecule has 4 aromatic rings. The number of aryl methyl sites for hydroxylation is 1. The van der Waals surface area contributed by atoms with Gasteiger partial charge in [0.2, 0.25) is 0 Å². The summed E-state index contributed by atoms with van der Waals surface area (Å²) in [5.41, 5.74) is 5.05. The molecule has 0 unspecified atom stereocenters. The van der Waals surface area contributed by atoms with Gasteiger partial charge in [-0.05, 0) is 49.4 Å². The molecular weight excluding hydrogens is 400 g/mol. The van der Waals surface area contributed by atoms with Crippen molar-refractivity contribution in [2.75, 3.05) is 14.2 Å². The lowest BCUT2D eigenvalue weighted by Crippen LogP contribution is -2.00. The molecule has 0 N–H and O–H groups in total. The fraction of sp³-hybridized carbons (Fsp3) is 0.111. The van der Waals surface area contributed by atoms with Gasteiger partial charge in [-0.3, -0.25) is 4.79 Å². The fourth-order valence-electron chi connectivity index (χ4n) is 3.62. The zero-order valence-corrected chi connectivity index (χ0v) is 18.3. The minimum absolute atomic E-state index is 0.174. The molecule has 0 aliphatic carbocycles. The van der Waals surface area contributed by atoms with E-state index < -0.39 is 0 Å². The summed E-state index contributed by atoms with van der Waals surface area (Å²) < 4.78 is 12.6. The molecule has 5 heteroatoms. The molecule has 4 rings (SSSR count). The van der Waals surface area contributed by atoms with Crippen LogP contribution in [0.5, 0.6) is 11.5 Å². The maximum Gasteiger partial charge on any atom is 0.189 e. The number of hydrogen-bond acceptors (Lipinski definition) is 4. The summed E-state index contributed by atoms with van der Waals surface area (Å²) in [6.07, 6.45) is 3.38. The third kappa shape index (κ3) is 4.18.